The number of nitrogen functional groups attached to an aromatic ring is 1. The average Bonchev–Trinajstić information content (AvgIpc) is 2.44. The summed E-state index contributed by atoms with van der Waals surface area (Å²) in [6.45, 7) is 11.1. The van der Waals surface area contributed by atoms with Crippen molar-refractivity contribution in [1.29, 1.82) is 0 Å². The maximum absolute atomic E-state index is 9.62. The van der Waals surface area contributed by atoms with E-state index in [1.807, 2.05) is 20.8 Å². The van der Waals surface area contributed by atoms with Crippen molar-refractivity contribution in [3.63, 3.8) is 0 Å². The van der Waals surface area contributed by atoms with Crippen LogP contribution in [0.1, 0.15) is 57.8 Å². The van der Waals surface area contributed by atoms with Crippen LogP contribution in [0, 0.1) is 12.3 Å². The molecule has 0 aromatic carbocycles. The SMILES string of the molecule is CCC(CC)(CO)CNc1nc(C(C)C)nc(N)c1C. The standard InChI is InChI=1S/C15H28N4O/c1-6-15(7-2,9-20)8-17-14-11(5)12(16)18-13(19-14)10(3)4/h10,20H,6-9H2,1-5H3,(H3,16,17,18,19). The molecule has 0 amide bonds. The van der Waals surface area contributed by atoms with Crippen LogP contribution in [-0.4, -0.2) is 28.2 Å². The normalized spacial score (nSPS) is 11.9. The molecule has 0 aliphatic heterocycles. The molecule has 1 rings (SSSR count). The van der Waals surface area contributed by atoms with Crippen LogP contribution in [0.2, 0.25) is 0 Å². The number of aliphatic hydroxyl groups excluding tert-OH is 1. The van der Waals surface area contributed by atoms with Gasteiger partial charge in [0.05, 0.1) is 6.61 Å². The molecule has 0 atom stereocenters. The Morgan fingerprint density at radius 2 is 1.85 bits per heavy atom. The van der Waals surface area contributed by atoms with Crippen molar-refractivity contribution in [3.05, 3.63) is 11.4 Å². The van der Waals surface area contributed by atoms with Crippen LogP contribution < -0.4 is 11.1 Å². The lowest BCUT2D eigenvalue weighted by molar-refractivity contribution is 0.127. The highest BCUT2D eigenvalue weighted by Gasteiger charge is 2.25. The van der Waals surface area contributed by atoms with Gasteiger partial charge in [0, 0.05) is 23.4 Å². The van der Waals surface area contributed by atoms with Crippen LogP contribution in [0.5, 0.6) is 0 Å². The van der Waals surface area contributed by atoms with E-state index in [4.69, 9.17) is 5.73 Å². The fraction of sp³-hybridized carbons (Fsp3) is 0.733. The van der Waals surface area contributed by atoms with Gasteiger partial charge in [0.15, 0.2) is 0 Å². The molecule has 0 aliphatic carbocycles. The summed E-state index contributed by atoms with van der Waals surface area (Å²) in [5, 5.41) is 13.0. The minimum atomic E-state index is -0.107. The molecule has 0 saturated carbocycles. The Bertz CT molecular complexity index is 433. The third kappa shape index (κ3) is 3.60. The van der Waals surface area contributed by atoms with E-state index in [9.17, 15) is 5.11 Å². The molecule has 0 saturated heterocycles. The Hall–Kier alpha value is -1.36. The Morgan fingerprint density at radius 3 is 2.30 bits per heavy atom. The van der Waals surface area contributed by atoms with Gasteiger partial charge in [-0.15, -0.1) is 0 Å². The number of hydrogen-bond donors (Lipinski definition) is 3. The van der Waals surface area contributed by atoms with Gasteiger partial charge < -0.3 is 16.2 Å². The van der Waals surface area contributed by atoms with E-state index >= 15 is 0 Å². The summed E-state index contributed by atoms with van der Waals surface area (Å²) < 4.78 is 0. The second-order valence-electron chi connectivity index (χ2n) is 5.81. The summed E-state index contributed by atoms with van der Waals surface area (Å²) in [4.78, 5) is 8.87. The quantitative estimate of drug-likeness (QED) is 0.715. The lowest BCUT2D eigenvalue weighted by Gasteiger charge is -2.30. The van der Waals surface area contributed by atoms with Crippen molar-refractivity contribution in [1.82, 2.24) is 9.97 Å². The van der Waals surface area contributed by atoms with Crippen molar-refractivity contribution in [3.8, 4) is 0 Å². The molecule has 4 N–H and O–H groups in total. The van der Waals surface area contributed by atoms with Crippen molar-refractivity contribution in [2.75, 3.05) is 24.2 Å². The van der Waals surface area contributed by atoms with Crippen LogP contribution in [0.25, 0.3) is 0 Å². The molecule has 1 aromatic rings. The minimum Gasteiger partial charge on any atom is -0.396 e. The molecular weight excluding hydrogens is 252 g/mol. The summed E-state index contributed by atoms with van der Waals surface area (Å²) in [5.74, 6) is 2.28. The minimum absolute atomic E-state index is 0.107. The first kappa shape index (κ1) is 16.7. The molecule has 114 valence electrons. The van der Waals surface area contributed by atoms with E-state index < -0.39 is 0 Å². The number of rotatable bonds is 7. The molecule has 5 nitrogen and oxygen atoms in total. The lowest BCUT2D eigenvalue weighted by atomic mass is 9.83. The van der Waals surface area contributed by atoms with E-state index in [0.717, 1.165) is 30.0 Å². The smallest absolute Gasteiger partial charge is 0.135 e. The fourth-order valence-corrected chi connectivity index (χ4v) is 2.03. The molecule has 0 radical (unpaired) electrons. The number of anilines is 2. The molecule has 0 fully saturated rings. The zero-order valence-corrected chi connectivity index (χ0v) is 13.3. The van der Waals surface area contributed by atoms with Crippen molar-refractivity contribution in [2.24, 2.45) is 5.41 Å². The average molecular weight is 280 g/mol. The second-order valence-corrected chi connectivity index (χ2v) is 5.81. The summed E-state index contributed by atoms with van der Waals surface area (Å²) in [6, 6.07) is 0. The van der Waals surface area contributed by atoms with Crippen LogP contribution in [0.4, 0.5) is 11.6 Å². The van der Waals surface area contributed by atoms with Gasteiger partial charge in [-0.3, -0.25) is 0 Å². The number of nitrogens with zero attached hydrogens (tertiary/aromatic N) is 2. The molecule has 20 heavy (non-hydrogen) atoms. The van der Waals surface area contributed by atoms with Crippen LogP contribution in [0.15, 0.2) is 0 Å². The zero-order chi connectivity index (χ0) is 15.3. The number of nitrogens with two attached hydrogens (primary N) is 1. The van der Waals surface area contributed by atoms with E-state index in [2.05, 4.69) is 29.1 Å². The summed E-state index contributed by atoms with van der Waals surface area (Å²) in [5.41, 5.74) is 6.72. The number of nitrogens with one attached hydrogen (secondary N) is 1. The highest BCUT2D eigenvalue weighted by atomic mass is 16.3. The lowest BCUT2D eigenvalue weighted by Crippen LogP contribution is -2.33. The predicted octanol–water partition coefficient (Wildman–Crippen LogP) is 2.70. The highest BCUT2D eigenvalue weighted by Crippen LogP contribution is 2.27. The molecule has 0 bridgehead atoms. The zero-order valence-electron chi connectivity index (χ0n) is 13.3. The van der Waals surface area contributed by atoms with Crippen LogP contribution in [0.3, 0.4) is 0 Å². The largest absolute Gasteiger partial charge is 0.396 e. The van der Waals surface area contributed by atoms with Crippen molar-refractivity contribution < 1.29 is 5.11 Å². The topological polar surface area (TPSA) is 84.1 Å². The summed E-state index contributed by atoms with van der Waals surface area (Å²) >= 11 is 0. The number of aliphatic hydroxyl groups is 1. The van der Waals surface area contributed by atoms with E-state index in [1.165, 1.54) is 0 Å². The van der Waals surface area contributed by atoms with Gasteiger partial charge in [-0.2, -0.15) is 0 Å². The maximum Gasteiger partial charge on any atom is 0.135 e. The molecule has 5 heteroatoms. The van der Waals surface area contributed by atoms with E-state index in [1.54, 1.807) is 0 Å². The second kappa shape index (κ2) is 6.88. The van der Waals surface area contributed by atoms with Crippen molar-refractivity contribution in [2.45, 2.75) is 53.4 Å². The molecular formula is C15H28N4O. The Balaban J connectivity index is 2.97. The third-order valence-electron chi connectivity index (χ3n) is 4.18. The summed E-state index contributed by atoms with van der Waals surface area (Å²) in [6.07, 6.45) is 1.84. The first-order valence-corrected chi connectivity index (χ1v) is 7.37. The monoisotopic (exact) mass is 280 g/mol. The first-order chi connectivity index (χ1) is 9.39. The van der Waals surface area contributed by atoms with Crippen molar-refractivity contribution >= 4 is 11.6 Å². The summed E-state index contributed by atoms with van der Waals surface area (Å²) in [7, 11) is 0. The van der Waals surface area contributed by atoms with Gasteiger partial charge in [0.25, 0.3) is 0 Å². The Labute approximate surface area is 122 Å². The Kier molecular flexibility index (Phi) is 5.74. The molecule has 0 aliphatic rings. The highest BCUT2D eigenvalue weighted by molar-refractivity contribution is 5.55. The number of aromatic nitrogens is 2. The van der Waals surface area contributed by atoms with Gasteiger partial charge in [0.2, 0.25) is 0 Å². The first-order valence-electron chi connectivity index (χ1n) is 7.37. The predicted molar refractivity (Wildman–Crippen MR) is 83.9 cm³/mol. The van der Waals surface area contributed by atoms with E-state index in [0.29, 0.717) is 12.4 Å². The van der Waals surface area contributed by atoms with Gasteiger partial charge in [-0.05, 0) is 19.8 Å². The molecule has 1 aromatic heterocycles. The van der Waals surface area contributed by atoms with Gasteiger partial charge in [0.1, 0.15) is 17.5 Å². The third-order valence-corrected chi connectivity index (χ3v) is 4.18. The van der Waals surface area contributed by atoms with Crippen LogP contribution >= 0.6 is 0 Å². The molecule has 0 unspecified atom stereocenters. The fourth-order valence-electron chi connectivity index (χ4n) is 2.03. The Morgan fingerprint density at radius 1 is 1.25 bits per heavy atom. The molecule has 0 spiro atoms. The van der Waals surface area contributed by atoms with E-state index in [-0.39, 0.29) is 17.9 Å². The van der Waals surface area contributed by atoms with Gasteiger partial charge >= 0.3 is 0 Å². The van der Waals surface area contributed by atoms with Gasteiger partial charge in [-0.25, -0.2) is 9.97 Å². The van der Waals surface area contributed by atoms with Gasteiger partial charge in [-0.1, -0.05) is 27.7 Å². The maximum atomic E-state index is 9.62. The van der Waals surface area contributed by atoms with Crippen LogP contribution in [-0.2, 0) is 0 Å². The number of hydrogen-bond acceptors (Lipinski definition) is 5. The molecule has 1 heterocycles.